The van der Waals surface area contributed by atoms with Crippen LogP contribution in [0.4, 0.5) is 0 Å². The molecule has 0 fully saturated rings. The van der Waals surface area contributed by atoms with Crippen molar-refractivity contribution in [3.8, 4) is 11.3 Å². The number of aliphatic hydroxyl groups is 3. The fraction of sp³-hybridized carbons (Fsp3) is 0.353. The maximum atomic E-state index is 12.2. The molecule has 0 spiro atoms. The Kier molecular flexibility index (Phi) is 3.97. The molecule has 0 radical (unpaired) electrons. The molecule has 1 aliphatic rings. The van der Waals surface area contributed by atoms with Crippen molar-refractivity contribution in [2.24, 2.45) is 0 Å². The maximum Gasteiger partial charge on any atom is 0.287 e. The van der Waals surface area contributed by atoms with Gasteiger partial charge in [0.05, 0.1) is 6.10 Å². The fourth-order valence-electron chi connectivity index (χ4n) is 2.91. The molecule has 3 rings (SSSR count). The molecule has 0 aliphatic heterocycles. The molecule has 6 nitrogen and oxygen atoms in total. The van der Waals surface area contributed by atoms with Crippen molar-refractivity contribution in [1.29, 1.82) is 0 Å². The Hall–Kier alpha value is -2.15. The van der Waals surface area contributed by atoms with Crippen LogP contribution >= 0.6 is 0 Å². The van der Waals surface area contributed by atoms with Crippen LogP contribution in [0.3, 0.4) is 0 Å². The van der Waals surface area contributed by atoms with Crippen LogP contribution in [0.5, 0.6) is 0 Å². The summed E-state index contributed by atoms with van der Waals surface area (Å²) in [5.74, 6) is 0.0219. The summed E-state index contributed by atoms with van der Waals surface area (Å²) in [6.07, 6.45) is -2.89. The highest BCUT2D eigenvalue weighted by Gasteiger charge is 2.37. The maximum absolute atomic E-state index is 12.2. The van der Waals surface area contributed by atoms with Gasteiger partial charge in [-0.3, -0.25) is 4.79 Å². The normalized spacial score (nSPS) is 20.6. The fourth-order valence-corrected chi connectivity index (χ4v) is 2.91. The molecule has 0 saturated heterocycles. The van der Waals surface area contributed by atoms with E-state index < -0.39 is 24.2 Å². The van der Waals surface area contributed by atoms with E-state index >= 15 is 0 Å². The van der Waals surface area contributed by atoms with Crippen molar-refractivity contribution in [2.45, 2.75) is 32.2 Å². The third-order valence-electron chi connectivity index (χ3n) is 4.08. The number of fused-ring (bicyclic) bond motifs is 3. The number of hydrogen-bond donors (Lipinski definition) is 4. The summed E-state index contributed by atoms with van der Waals surface area (Å²) >= 11 is 0. The van der Waals surface area contributed by atoms with Gasteiger partial charge in [0.25, 0.3) is 5.91 Å². The Balaban J connectivity index is 2.07. The smallest absolute Gasteiger partial charge is 0.287 e. The van der Waals surface area contributed by atoms with Crippen LogP contribution in [0.25, 0.3) is 11.3 Å². The average Bonchev–Trinajstić information content (AvgIpc) is 2.88. The van der Waals surface area contributed by atoms with E-state index in [2.05, 4.69) is 5.32 Å². The second-order valence-corrected chi connectivity index (χ2v) is 5.83. The lowest BCUT2D eigenvalue weighted by molar-refractivity contribution is 0.0149. The van der Waals surface area contributed by atoms with E-state index in [1.165, 1.54) is 0 Å². The molecule has 2 aromatic rings. The van der Waals surface area contributed by atoms with Crippen molar-refractivity contribution < 1.29 is 24.5 Å². The van der Waals surface area contributed by atoms with Crippen LogP contribution in [0, 0.1) is 6.92 Å². The van der Waals surface area contributed by atoms with Crippen LogP contribution in [0.15, 0.2) is 28.7 Å². The quantitative estimate of drug-likeness (QED) is 0.686. The Bertz CT molecular complexity index is 749. The van der Waals surface area contributed by atoms with Gasteiger partial charge in [-0.05, 0) is 19.4 Å². The standard InChI is InChI=1S/C17H19NO5/c1-8(19)7-18-17(22)15-9(2)12-14(21)13(20)10-5-3-4-6-11(10)16(12)23-15/h3-6,8,13-14,19-21H,7H2,1-2H3,(H,18,22). The third-order valence-corrected chi connectivity index (χ3v) is 4.08. The average molecular weight is 317 g/mol. The van der Waals surface area contributed by atoms with Crippen molar-refractivity contribution in [1.82, 2.24) is 5.32 Å². The van der Waals surface area contributed by atoms with E-state index in [0.29, 0.717) is 28.0 Å². The number of benzene rings is 1. The summed E-state index contributed by atoms with van der Waals surface area (Å²) in [5, 5.41) is 32.5. The monoisotopic (exact) mass is 317 g/mol. The minimum Gasteiger partial charge on any atom is -0.450 e. The highest BCUT2D eigenvalue weighted by atomic mass is 16.4. The highest BCUT2D eigenvalue weighted by Crippen LogP contribution is 2.47. The zero-order valence-corrected chi connectivity index (χ0v) is 12.9. The summed E-state index contributed by atoms with van der Waals surface area (Å²) in [4.78, 5) is 12.2. The Morgan fingerprint density at radius 3 is 2.70 bits per heavy atom. The Morgan fingerprint density at radius 2 is 2.00 bits per heavy atom. The van der Waals surface area contributed by atoms with Crippen molar-refractivity contribution in [3.63, 3.8) is 0 Å². The number of aliphatic hydroxyl groups excluding tert-OH is 3. The molecular weight excluding hydrogens is 298 g/mol. The Labute approximate surface area is 133 Å². The number of amides is 1. The van der Waals surface area contributed by atoms with E-state index in [0.717, 1.165) is 0 Å². The molecule has 1 aliphatic carbocycles. The molecule has 4 N–H and O–H groups in total. The van der Waals surface area contributed by atoms with Crippen molar-refractivity contribution in [3.05, 3.63) is 46.7 Å². The second kappa shape index (κ2) is 5.81. The van der Waals surface area contributed by atoms with E-state index in [1.54, 1.807) is 38.1 Å². The highest BCUT2D eigenvalue weighted by molar-refractivity contribution is 5.94. The van der Waals surface area contributed by atoms with Gasteiger partial charge in [0, 0.05) is 23.2 Å². The van der Waals surface area contributed by atoms with Crippen LogP contribution < -0.4 is 5.32 Å². The predicted octanol–water partition coefficient (Wildman–Crippen LogP) is 1.45. The predicted molar refractivity (Wildman–Crippen MR) is 82.8 cm³/mol. The van der Waals surface area contributed by atoms with Gasteiger partial charge in [-0.15, -0.1) is 0 Å². The van der Waals surface area contributed by atoms with Gasteiger partial charge in [-0.25, -0.2) is 0 Å². The zero-order valence-electron chi connectivity index (χ0n) is 12.9. The molecule has 1 amide bonds. The molecule has 1 heterocycles. The van der Waals surface area contributed by atoms with Gasteiger partial charge in [0.2, 0.25) is 0 Å². The largest absolute Gasteiger partial charge is 0.450 e. The lowest BCUT2D eigenvalue weighted by Gasteiger charge is -2.26. The number of hydrogen-bond acceptors (Lipinski definition) is 5. The van der Waals surface area contributed by atoms with E-state index in [1.807, 2.05) is 0 Å². The zero-order chi connectivity index (χ0) is 16.7. The summed E-state index contributed by atoms with van der Waals surface area (Å²) in [6, 6.07) is 7.07. The molecule has 6 heteroatoms. The van der Waals surface area contributed by atoms with Crippen LogP contribution in [-0.4, -0.2) is 33.9 Å². The van der Waals surface area contributed by atoms with Crippen LogP contribution in [-0.2, 0) is 0 Å². The van der Waals surface area contributed by atoms with Gasteiger partial charge >= 0.3 is 0 Å². The first-order valence-electron chi connectivity index (χ1n) is 7.46. The molecule has 1 aromatic heterocycles. The van der Waals surface area contributed by atoms with Crippen molar-refractivity contribution in [2.75, 3.05) is 6.54 Å². The van der Waals surface area contributed by atoms with E-state index in [4.69, 9.17) is 4.42 Å². The lowest BCUT2D eigenvalue weighted by atomic mass is 9.85. The topological polar surface area (TPSA) is 103 Å². The Morgan fingerprint density at radius 1 is 1.30 bits per heavy atom. The first-order valence-corrected chi connectivity index (χ1v) is 7.46. The van der Waals surface area contributed by atoms with Gasteiger partial charge in [-0.2, -0.15) is 0 Å². The first-order chi connectivity index (χ1) is 10.9. The molecule has 3 unspecified atom stereocenters. The minimum absolute atomic E-state index is 0.0820. The molecule has 0 saturated carbocycles. The van der Waals surface area contributed by atoms with Gasteiger partial charge in [-0.1, -0.05) is 24.3 Å². The van der Waals surface area contributed by atoms with E-state index in [-0.39, 0.29) is 12.3 Å². The molecule has 23 heavy (non-hydrogen) atoms. The molecule has 0 bridgehead atoms. The first kappa shape index (κ1) is 15.7. The summed E-state index contributed by atoms with van der Waals surface area (Å²) < 4.78 is 5.71. The SMILES string of the molecule is Cc1c(C(=O)NCC(C)O)oc2c1C(O)C(O)c1ccccc1-2. The molecule has 1 aromatic carbocycles. The minimum atomic E-state index is -1.15. The summed E-state index contributed by atoms with van der Waals surface area (Å²) in [6.45, 7) is 3.34. The molecule has 3 atom stereocenters. The number of furan rings is 1. The number of nitrogens with one attached hydrogen (secondary N) is 1. The number of carbonyl (C=O) groups excluding carboxylic acids is 1. The molecular formula is C17H19NO5. The number of rotatable bonds is 3. The summed E-state index contributed by atoms with van der Waals surface area (Å²) in [5.41, 5.74) is 2.15. The second-order valence-electron chi connectivity index (χ2n) is 5.83. The van der Waals surface area contributed by atoms with Crippen LogP contribution in [0.1, 0.15) is 46.4 Å². The van der Waals surface area contributed by atoms with Gasteiger partial charge < -0.3 is 25.1 Å². The summed E-state index contributed by atoms with van der Waals surface area (Å²) in [7, 11) is 0. The molecule has 122 valence electrons. The third kappa shape index (κ3) is 2.55. The van der Waals surface area contributed by atoms with Crippen molar-refractivity contribution >= 4 is 5.91 Å². The van der Waals surface area contributed by atoms with Crippen LogP contribution in [0.2, 0.25) is 0 Å². The lowest BCUT2D eigenvalue weighted by Crippen LogP contribution is -2.30. The van der Waals surface area contributed by atoms with Gasteiger partial charge in [0.15, 0.2) is 5.76 Å². The van der Waals surface area contributed by atoms with E-state index in [9.17, 15) is 20.1 Å². The van der Waals surface area contributed by atoms with Gasteiger partial charge in [0.1, 0.15) is 18.0 Å². The number of carbonyl (C=O) groups is 1.